The first kappa shape index (κ1) is 22.0. The van der Waals surface area contributed by atoms with Crippen LogP contribution in [-0.2, 0) is 21.2 Å². The van der Waals surface area contributed by atoms with Crippen LogP contribution in [0.5, 0.6) is 0 Å². The molecule has 0 aliphatic rings. The normalized spacial score (nSPS) is 11.5. The van der Waals surface area contributed by atoms with Gasteiger partial charge in [0, 0.05) is 6.54 Å². The molecule has 0 aromatic heterocycles. The van der Waals surface area contributed by atoms with E-state index < -0.39 is 10.0 Å². The van der Waals surface area contributed by atoms with E-state index in [1.807, 2.05) is 26.0 Å². The standard InChI is InChI=1S/C22H30N2O3S/c1-5-19-8-6-7-9-21(19)24(16-22(25)23-15-14-17(2)3)28(26,27)20-12-10-18(4)11-13-20/h6-13,17H,5,14-16H2,1-4H3,(H,23,25). The molecular weight excluding hydrogens is 372 g/mol. The van der Waals surface area contributed by atoms with Crippen LogP contribution in [-0.4, -0.2) is 27.4 Å². The molecule has 2 rings (SSSR count). The van der Waals surface area contributed by atoms with Gasteiger partial charge in [0.05, 0.1) is 10.6 Å². The van der Waals surface area contributed by atoms with Crippen molar-refractivity contribution in [1.29, 1.82) is 0 Å². The molecule has 0 aliphatic carbocycles. The minimum absolute atomic E-state index is 0.180. The molecule has 28 heavy (non-hydrogen) atoms. The zero-order valence-corrected chi connectivity index (χ0v) is 17.9. The summed E-state index contributed by atoms with van der Waals surface area (Å²) in [6.45, 7) is 8.33. The van der Waals surface area contributed by atoms with Gasteiger partial charge in [0.15, 0.2) is 0 Å². The number of sulfonamides is 1. The van der Waals surface area contributed by atoms with Gasteiger partial charge in [-0.3, -0.25) is 9.10 Å². The lowest BCUT2D eigenvalue weighted by atomic mass is 10.1. The number of benzene rings is 2. The third kappa shape index (κ3) is 5.58. The number of nitrogens with zero attached hydrogens (tertiary/aromatic N) is 1. The highest BCUT2D eigenvalue weighted by atomic mass is 32.2. The number of para-hydroxylation sites is 1. The van der Waals surface area contributed by atoms with Gasteiger partial charge in [-0.15, -0.1) is 0 Å². The summed E-state index contributed by atoms with van der Waals surface area (Å²) in [7, 11) is -3.87. The van der Waals surface area contributed by atoms with Gasteiger partial charge in [-0.2, -0.15) is 0 Å². The van der Waals surface area contributed by atoms with Gasteiger partial charge in [-0.25, -0.2) is 8.42 Å². The Morgan fingerprint density at radius 2 is 1.71 bits per heavy atom. The molecular formula is C22H30N2O3S. The average molecular weight is 403 g/mol. The first-order chi connectivity index (χ1) is 13.3. The van der Waals surface area contributed by atoms with Crippen LogP contribution in [0.3, 0.4) is 0 Å². The lowest BCUT2D eigenvalue weighted by molar-refractivity contribution is -0.119. The number of amides is 1. The maximum atomic E-state index is 13.4. The van der Waals surface area contributed by atoms with Crippen LogP contribution in [0.2, 0.25) is 0 Å². The van der Waals surface area contributed by atoms with Gasteiger partial charge in [-0.05, 0) is 49.4 Å². The Kier molecular flexibility index (Phi) is 7.63. The van der Waals surface area contributed by atoms with E-state index in [-0.39, 0.29) is 17.3 Å². The van der Waals surface area contributed by atoms with Crippen molar-refractivity contribution in [1.82, 2.24) is 5.32 Å². The summed E-state index contributed by atoms with van der Waals surface area (Å²) >= 11 is 0. The van der Waals surface area contributed by atoms with Crippen LogP contribution in [0.15, 0.2) is 53.4 Å². The molecule has 1 amide bonds. The molecule has 152 valence electrons. The minimum atomic E-state index is -3.87. The van der Waals surface area contributed by atoms with Gasteiger partial charge in [0.1, 0.15) is 6.54 Å². The zero-order chi connectivity index (χ0) is 20.7. The van der Waals surface area contributed by atoms with E-state index >= 15 is 0 Å². The molecule has 0 saturated heterocycles. The van der Waals surface area contributed by atoms with Crippen molar-refractivity contribution in [3.63, 3.8) is 0 Å². The molecule has 1 N–H and O–H groups in total. The second-order valence-electron chi connectivity index (χ2n) is 7.34. The fourth-order valence-corrected chi connectivity index (χ4v) is 4.34. The van der Waals surface area contributed by atoms with Crippen molar-refractivity contribution in [2.24, 2.45) is 5.92 Å². The SMILES string of the molecule is CCc1ccccc1N(CC(=O)NCCC(C)C)S(=O)(=O)c1ccc(C)cc1. The third-order valence-electron chi connectivity index (χ3n) is 4.58. The maximum absolute atomic E-state index is 13.4. The van der Waals surface area contributed by atoms with Crippen LogP contribution < -0.4 is 9.62 Å². The summed E-state index contributed by atoms with van der Waals surface area (Å²) in [5.74, 6) is 0.163. The smallest absolute Gasteiger partial charge is 0.264 e. The predicted octanol–water partition coefficient (Wildman–Crippen LogP) is 3.92. The fourth-order valence-electron chi connectivity index (χ4n) is 2.88. The summed E-state index contributed by atoms with van der Waals surface area (Å²) in [6.07, 6.45) is 1.52. The number of carbonyl (C=O) groups excluding carboxylic acids is 1. The number of hydrogen-bond acceptors (Lipinski definition) is 3. The topological polar surface area (TPSA) is 66.5 Å². The van der Waals surface area contributed by atoms with E-state index in [1.165, 1.54) is 4.31 Å². The molecule has 2 aromatic carbocycles. The van der Waals surface area contributed by atoms with Gasteiger partial charge < -0.3 is 5.32 Å². The van der Waals surface area contributed by atoms with Crippen LogP contribution in [0, 0.1) is 12.8 Å². The Labute approximate surface area is 168 Å². The molecule has 0 fully saturated rings. The second kappa shape index (κ2) is 9.73. The highest BCUT2D eigenvalue weighted by Crippen LogP contribution is 2.27. The Morgan fingerprint density at radius 3 is 2.32 bits per heavy atom. The highest BCUT2D eigenvalue weighted by Gasteiger charge is 2.28. The summed E-state index contributed by atoms with van der Waals surface area (Å²) in [5.41, 5.74) is 2.41. The first-order valence-electron chi connectivity index (χ1n) is 9.69. The number of hydrogen-bond donors (Lipinski definition) is 1. The third-order valence-corrected chi connectivity index (χ3v) is 6.36. The molecule has 0 aliphatic heterocycles. The fraction of sp³-hybridized carbons (Fsp3) is 0.409. The zero-order valence-electron chi connectivity index (χ0n) is 17.1. The van der Waals surface area contributed by atoms with Gasteiger partial charge in [0.25, 0.3) is 10.0 Å². The van der Waals surface area contributed by atoms with Crippen LogP contribution in [0.1, 0.15) is 38.3 Å². The molecule has 2 aromatic rings. The molecule has 0 bridgehead atoms. The number of rotatable bonds is 9. The lowest BCUT2D eigenvalue weighted by Crippen LogP contribution is -2.41. The Hall–Kier alpha value is -2.34. The lowest BCUT2D eigenvalue weighted by Gasteiger charge is -2.26. The molecule has 5 nitrogen and oxygen atoms in total. The largest absolute Gasteiger partial charge is 0.355 e. The molecule has 0 heterocycles. The van der Waals surface area contributed by atoms with E-state index in [9.17, 15) is 13.2 Å². The first-order valence-corrected chi connectivity index (χ1v) is 11.1. The number of nitrogens with one attached hydrogen (secondary N) is 1. The van der Waals surface area contributed by atoms with Crippen molar-refractivity contribution in [3.05, 3.63) is 59.7 Å². The van der Waals surface area contributed by atoms with E-state index in [2.05, 4.69) is 19.2 Å². The van der Waals surface area contributed by atoms with E-state index in [0.717, 1.165) is 17.5 Å². The molecule has 0 saturated carbocycles. The second-order valence-corrected chi connectivity index (χ2v) is 9.20. The molecule has 0 spiro atoms. The van der Waals surface area contributed by atoms with Gasteiger partial charge >= 0.3 is 0 Å². The van der Waals surface area contributed by atoms with Crippen molar-refractivity contribution in [2.45, 2.75) is 45.4 Å². The highest BCUT2D eigenvalue weighted by molar-refractivity contribution is 7.92. The molecule has 6 heteroatoms. The van der Waals surface area contributed by atoms with Crippen LogP contribution in [0.25, 0.3) is 0 Å². The van der Waals surface area contributed by atoms with E-state index in [0.29, 0.717) is 24.6 Å². The summed E-state index contributed by atoms with van der Waals surface area (Å²) in [6, 6.07) is 14.0. The predicted molar refractivity (Wildman–Crippen MR) is 114 cm³/mol. The Balaban J connectivity index is 2.38. The molecule has 0 unspecified atom stereocenters. The van der Waals surface area contributed by atoms with Crippen molar-refractivity contribution in [2.75, 3.05) is 17.4 Å². The molecule has 0 atom stereocenters. The Bertz CT molecular complexity index is 890. The van der Waals surface area contributed by atoms with Gasteiger partial charge in [-0.1, -0.05) is 56.7 Å². The van der Waals surface area contributed by atoms with Crippen molar-refractivity contribution in [3.8, 4) is 0 Å². The summed E-state index contributed by atoms with van der Waals surface area (Å²) < 4.78 is 28.0. The quantitative estimate of drug-likeness (QED) is 0.691. The van der Waals surface area contributed by atoms with Crippen molar-refractivity contribution < 1.29 is 13.2 Å². The molecule has 0 radical (unpaired) electrons. The number of carbonyl (C=O) groups is 1. The summed E-state index contributed by atoms with van der Waals surface area (Å²) in [4.78, 5) is 12.7. The van der Waals surface area contributed by atoms with Crippen LogP contribution >= 0.6 is 0 Å². The van der Waals surface area contributed by atoms with E-state index in [1.54, 1.807) is 36.4 Å². The summed E-state index contributed by atoms with van der Waals surface area (Å²) in [5, 5.41) is 2.84. The monoisotopic (exact) mass is 402 g/mol. The van der Waals surface area contributed by atoms with Gasteiger partial charge in [0.2, 0.25) is 5.91 Å². The van der Waals surface area contributed by atoms with Crippen molar-refractivity contribution >= 4 is 21.6 Å². The number of anilines is 1. The van der Waals surface area contributed by atoms with E-state index in [4.69, 9.17) is 0 Å². The number of aryl methyl sites for hydroxylation is 2. The minimum Gasteiger partial charge on any atom is -0.355 e. The Morgan fingerprint density at radius 1 is 1.07 bits per heavy atom. The maximum Gasteiger partial charge on any atom is 0.264 e. The van der Waals surface area contributed by atoms with Crippen LogP contribution in [0.4, 0.5) is 5.69 Å². The average Bonchev–Trinajstić information content (AvgIpc) is 2.66.